The average molecular weight is 384 g/mol. The molecule has 2 heterocycles. The van der Waals surface area contributed by atoms with Crippen molar-refractivity contribution in [3.05, 3.63) is 57.3 Å². The smallest absolute Gasteiger partial charge is 0.270 e. The Balaban J connectivity index is 1.89. The molecule has 8 nitrogen and oxygen atoms in total. The Bertz CT molecular complexity index is 879. The first-order valence-electron chi connectivity index (χ1n) is 9.38. The third kappa shape index (κ3) is 4.45. The summed E-state index contributed by atoms with van der Waals surface area (Å²) < 4.78 is 5.36. The van der Waals surface area contributed by atoms with Crippen molar-refractivity contribution in [1.82, 2.24) is 4.98 Å². The molecule has 1 aromatic heterocycles. The van der Waals surface area contributed by atoms with Gasteiger partial charge in [-0.2, -0.15) is 0 Å². The van der Waals surface area contributed by atoms with E-state index < -0.39 is 10.8 Å². The molecule has 1 saturated heterocycles. The summed E-state index contributed by atoms with van der Waals surface area (Å²) >= 11 is 0. The third-order valence-electron chi connectivity index (χ3n) is 4.74. The van der Waals surface area contributed by atoms with Crippen LogP contribution < -0.4 is 10.2 Å². The number of hydrogen-bond acceptors (Lipinski definition) is 6. The number of nitrogens with one attached hydrogen (secondary N) is 1. The lowest BCUT2D eigenvalue weighted by molar-refractivity contribution is -0.384. The fourth-order valence-electron chi connectivity index (χ4n) is 3.28. The molecule has 1 fully saturated rings. The maximum atomic E-state index is 12.9. The molecule has 1 aliphatic heterocycles. The lowest BCUT2D eigenvalue weighted by atomic mass is 10.1. The van der Waals surface area contributed by atoms with Gasteiger partial charge in [-0.15, -0.1) is 0 Å². The topological polar surface area (TPSA) is 97.6 Å². The van der Waals surface area contributed by atoms with E-state index in [1.54, 1.807) is 12.1 Å². The second-order valence-corrected chi connectivity index (χ2v) is 6.70. The minimum atomic E-state index is -0.498. The van der Waals surface area contributed by atoms with Gasteiger partial charge in [-0.3, -0.25) is 14.9 Å². The lowest BCUT2D eigenvalue weighted by Gasteiger charge is -2.30. The highest BCUT2D eigenvalue weighted by atomic mass is 16.6. The van der Waals surface area contributed by atoms with Gasteiger partial charge in [0.05, 0.1) is 29.4 Å². The Morgan fingerprint density at radius 1 is 1.29 bits per heavy atom. The zero-order chi connectivity index (χ0) is 20.1. The molecule has 1 N–H and O–H groups in total. The average Bonchev–Trinajstić information content (AvgIpc) is 2.70. The summed E-state index contributed by atoms with van der Waals surface area (Å²) in [6, 6.07) is 8.09. The first-order chi connectivity index (χ1) is 13.5. The van der Waals surface area contributed by atoms with E-state index in [1.807, 2.05) is 17.9 Å². The molecule has 1 amide bonds. The number of nitro benzene ring substituents is 1. The van der Waals surface area contributed by atoms with Gasteiger partial charge in [0.15, 0.2) is 0 Å². The molecular weight excluding hydrogens is 360 g/mol. The zero-order valence-corrected chi connectivity index (χ0v) is 16.1. The van der Waals surface area contributed by atoms with Crippen molar-refractivity contribution in [3.63, 3.8) is 0 Å². The van der Waals surface area contributed by atoms with Crippen LogP contribution in [0.4, 0.5) is 17.2 Å². The number of rotatable bonds is 6. The van der Waals surface area contributed by atoms with Gasteiger partial charge in [0.1, 0.15) is 5.82 Å². The van der Waals surface area contributed by atoms with Crippen molar-refractivity contribution < 1.29 is 14.5 Å². The Labute approximate surface area is 163 Å². The quantitative estimate of drug-likeness (QED) is 0.606. The van der Waals surface area contributed by atoms with Crippen molar-refractivity contribution >= 4 is 23.1 Å². The van der Waals surface area contributed by atoms with Gasteiger partial charge in [-0.05, 0) is 31.0 Å². The summed E-state index contributed by atoms with van der Waals surface area (Å²) in [5, 5.41) is 14.0. The number of amides is 1. The summed E-state index contributed by atoms with van der Waals surface area (Å²) in [5.74, 6) is 0.0159. The van der Waals surface area contributed by atoms with Crippen molar-refractivity contribution in [1.29, 1.82) is 0 Å². The minimum absolute atomic E-state index is 0.121. The number of ether oxygens (including phenoxy) is 1. The number of carbonyl (C=O) groups excluding carboxylic acids is 1. The summed E-state index contributed by atoms with van der Waals surface area (Å²) in [4.78, 5) is 30.1. The lowest BCUT2D eigenvalue weighted by Crippen LogP contribution is -2.37. The predicted molar refractivity (Wildman–Crippen MR) is 107 cm³/mol. The fourth-order valence-corrected chi connectivity index (χ4v) is 3.28. The van der Waals surface area contributed by atoms with Crippen LogP contribution in [0.3, 0.4) is 0 Å². The van der Waals surface area contributed by atoms with Crippen LogP contribution in [0.1, 0.15) is 35.0 Å². The number of pyridine rings is 1. The number of nitrogens with zero attached hydrogens (tertiary/aromatic N) is 3. The van der Waals surface area contributed by atoms with Crippen LogP contribution in [0.25, 0.3) is 0 Å². The highest BCUT2D eigenvalue weighted by Crippen LogP contribution is 2.27. The second kappa shape index (κ2) is 8.79. The highest BCUT2D eigenvalue weighted by Gasteiger charge is 2.22. The number of anilines is 2. The number of aromatic nitrogens is 1. The molecule has 0 bridgehead atoms. The molecule has 0 spiro atoms. The molecule has 148 valence electrons. The maximum Gasteiger partial charge on any atom is 0.270 e. The van der Waals surface area contributed by atoms with Gasteiger partial charge < -0.3 is 15.0 Å². The molecule has 3 rings (SSSR count). The number of carbonyl (C=O) groups is 1. The minimum Gasteiger partial charge on any atom is -0.378 e. The molecule has 1 aliphatic rings. The van der Waals surface area contributed by atoms with Gasteiger partial charge in [0.2, 0.25) is 0 Å². The van der Waals surface area contributed by atoms with Gasteiger partial charge >= 0.3 is 0 Å². The van der Waals surface area contributed by atoms with Crippen LogP contribution in [0.2, 0.25) is 0 Å². The van der Waals surface area contributed by atoms with Gasteiger partial charge in [0.25, 0.3) is 11.6 Å². The summed E-state index contributed by atoms with van der Waals surface area (Å²) in [6.07, 6.45) is 1.95. The van der Waals surface area contributed by atoms with E-state index >= 15 is 0 Å². The molecule has 0 atom stereocenters. The maximum absolute atomic E-state index is 12.9. The Morgan fingerprint density at radius 2 is 2.04 bits per heavy atom. The molecule has 28 heavy (non-hydrogen) atoms. The summed E-state index contributed by atoms with van der Waals surface area (Å²) in [6.45, 7) is 6.37. The van der Waals surface area contributed by atoms with E-state index in [9.17, 15) is 14.9 Å². The first-order valence-corrected chi connectivity index (χ1v) is 9.38. The first kappa shape index (κ1) is 19.8. The van der Waals surface area contributed by atoms with Crippen LogP contribution in [0, 0.1) is 17.0 Å². The molecule has 0 unspecified atom stereocenters. The van der Waals surface area contributed by atoms with Gasteiger partial charge in [-0.1, -0.05) is 19.4 Å². The van der Waals surface area contributed by atoms with Gasteiger partial charge in [-0.25, -0.2) is 4.98 Å². The number of non-ortho nitro benzene ring substituents is 1. The summed E-state index contributed by atoms with van der Waals surface area (Å²) in [7, 11) is 0. The van der Waals surface area contributed by atoms with E-state index in [2.05, 4.69) is 17.2 Å². The van der Waals surface area contributed by atoms with E-state index in [1.165, 1.54) is 12.1 Å². The summed E-state index contributed by atoms with van der Waals surface area (Å²) in [5.41, 5.74) is 2.81. The van der Waals surface area contributed by atoms with Gasteiger partial charge in [0, 0.05) is 30.9 Å². The number of hydrogen-bond donors (Lipinski definition) is 1. The molecule has 1 aromatic carbocycles. The van der Waals surface area contributed by atoms with Crippen molar-refractivity contribution in [2.75, 3.05) is 36.5 Å². The van der Waals surface area contributed by atoms with E-state index in [0.717, 1.165) is 24.1 Å². The molecular formula is C20H24N4O4. The molecule has 0 saturated carbocycles. The van der Waals surface area contributed by atoms with Crippen LogP contribution in [-0.4, -0.2) is 42.1 Å². The Hall–Kier alpha value is -3.00. The monoisotopic (exact) mass is 384 g/mol. The van der Waals surface area contributed by atoms with E-state index in [0.29, 0.717) is 37.8 Å². The Kier molecular flexibility index (Phi) is 6.20. The fraction of sp³-hybridized carbons (Fsp3) is 0.400. The number of morpholine rings is 1. The number of benzene rings is 1. The van der Waals surface area contributed by atoms with E-state index in [4.69, 9.17) is 4.74 Å². The van der Waals surface area contributed by atoms with Crippen LogP contribution in [0.5, 0.6) is 0 Å². The zero-order valence-electron chi connectivity index (χ0n) is 16.1. The van der Waals surface area contributed by atoms with Crippen LogP contribution in [0.15, 0.2) is 30.3 Å². The van der Waals surface area contributed by atoms with Crippen molar-refractivity contribution in [3.8, 4) is 0 Å². The molecule has 0 radical (unpaired) electrons. The van der Waals surface area contributed by atoms with Crippen molar-refractivity contribution in [2.24, 2.45) is 0 Å². The number of nitro groups is 1. The van der Waals surface area contributed by atoms with Crippen LogP contribution in [-0.2, 0) is 11.2 Å². The van der Waals surface area contributed by atoms with E-state index in [-0.39, 0.29) is 11.3 Å². The SMILES string of the molecule is CCCc1ccc(NC(=O)c2cc([N+](=O)[O-])ccc2N2CCOCC2)nc1C. The molecule has 0 aliphatic carbocycles. The largest absolute Gasteiger partial charge is 0.378 e. The van der Waals surface area contributed by atoms with Crippen LogP contribution >= 0.6 is 0 Å². The number of aryl methyl sites for hydroxylation is 2. The van der Waals surface area contributed by atoms with Crippen molar-refractivity contribution in [2.45, 2.75) is 26.7 Å². The normalized spacial score (nSPS) is 14.0. The predicted octanol–water partition coefficient (Wildman–Crippen LogP) is 3.34. The highest BCUT2D eigenvalue weighted by molar-refractivity contribution is 6.08. The molecule has 8 heteroatoms. The second-order valence-electron chi connectivity index (χ2n) is 6.70. The molecule has 2 aromatic rings. The third-order valence-corrected chi connectivity index (χ3v) is 4.74. The standard InChI is InChI=1S/C20H24N4O4/c1-3-4-15-5-8-19(21-14(15)2)22-20(25)17-13-16(24(26)27)6-7-18(17)23-9-11-28-12-10-23/h5-8,13H,3-4,9-12H2,1-2H3,(H,21,22,25). The Morgan fingerprint density at radius 3 is 2.68 bits per heavy atom.